The lowest BCUT2D eigenvalue weighted by Crippen LogP contribution is -2.27. The molecule has 2 unspecified atom stereocenters. The highest BCUT2D eigenvalue weighted by atomic mass is 16.5. The number of amides is 1. The van der Waals surface area contributed by atoms with Crippen LogP contribution in [0.15, 0.2) is 18.2 Å². The minimum Gasteiger partial charge on any atom is -0.493 e. The zero-order chi connectivity index (χ0) is 13.1. The second kappa shape index (κ2) is 5.29. The Morgan fingerprint density at radius 2 is 2.11 bits per heavy atom. The standard InChI is InChI=1S/C14H19NO3/c1-4-11-10(8-13(16)15-11)9-6-5-7-12(17-2)14(9)18-3/h5-7,10-11H,4,8H2,1-3H3,(H,15,16). The first-order chi connectivity index (χ1) is 8.71. The van der Waals surface area contributed by atoms with Gasteiger partial charge in [0.15, 0.2) is 11.5 Å². The van der Waals surface area contributed by atoms with Crippen LogP contribution in [0.1, 0.15) is 31.2 Å². The summed E-state index contributed by atoms with van der Waals surface area (Å²) in [7, 11) is 3.25. The first-order valence-electron chi connectivity index (χ1n) is 6.21. The summed E-state index contributed by atoms with van der Waals surface area (Å²) in [5.74, 6) is 1.72. The molecule has 1 amide bonds. The summed E-state index contributed by atoms with van der Waals surface area (Å²) in [6, 6.07) is 5.99. The van der Waals surface area contributed by atoms with Gasteiger partial charge in [-0.3, -0.25) is 4.79 Å². The quantitative estimate of drug-likeness (QED) is 0.888. The van der Waals surface area contributed by atoms with Crippen molar-refractivity contribution in [2.24, 2.45) is 0 Å². The smallest absolute Gasteiger partial charge is 0.220 e. The fourth-order valence-corrected chi connectivity index (χ4v) is 2.63. The highest BCUT2D eigenvalue weighted by Crippen LogP contribution is 2.40. The number of carbonyl (C=O) groups is 1. The molecule has 1 aromatic carbocycles. The molecule has 0 radical (unpaired) electrons. The van der Waals surface area contributed by atoms with Crippen molar-refractivity contribution in [2.75, 3.05) is 14.2 Å². The molecule has 1 heterocycles. The molecule has 4 heteroatoms. The van der Waals surface area contributed by atoms with Crippen molar-refractivity contribution >= 4 is 5.91 Å². The highest BCUT2D eigenvalue weighted by Gasteiger charge is 2.34. The second-order valence-electron chi connectivity index (χ2n) is 4.48. The number of para-hydroxylation sites is 1. The van der Waals surface area contributed by atoms with Crippen molar-refractivity contribution in [1.82, 2.24) is 5.32 Å². The van der Waals surface area contributed by atoms with E-state index < -0.39 is 0 Å². The van der Waals surface area contributed by atoms with Gasteiger partial charge >= 0.3 is 0 Å². The molecule has 1 aliphatic heterocycles. The maximum Gasteiger partial charge on any atom is 0.220 e. The fraction of sp³-hybridized carbons (Fsp3) is 0.500. The molecule has 0 aliphatic carbocycles. The molecule has 1 N–H and O–H groups in total. The largest absolute Gasteiger partial charge is 0.493 e. The van der Waals surface area contributed by atoms with E-state index in [1.807, 2.05) is 18.2 Å². The number of hydrogen-bond donors (Lipinski definition) is 1. The van der Waals surface area contributed by atoms with E-state index in [0.717, 1.165) is 17.7 Å². The topological polar surface area (TPSA) is 47.6 Å². The average molecular weight is 249 g/mol. The SMILES string of the molecule is CCC1NC(=O)CC1c1cccc(OC)c1OC. The zero-order valence-corrected chi connectivity index (χ0v) is 11.0. The fourth-order valence-electron chi connectivity index (χ4n) is 2.63. The molecule has 98 valence electrons. The molecule has 4 nitrogen and oxygen atoms in total. The third-order valence-corrected chi connectivity index (χ3v) is 3.51. The lowest BCUT2D eigenvalue weighted by molar-refractivity contribution is -0.119. The Balaban J connectivity index is 2.41. The van der Waals surface area contributed by atoms with Crippen LogP contribution >= 0.6 is 0 Å². The number of ether oxygens (including phenoxy) is 2. The molecule has 18 heavy (non-hydrogen) atoms. The number of rotatable bonds is 4. The molecular weight excluding hydrogens is 230 g/mol. The van der Waals surface area contributed by atoms with Gasteiger partial charge in [-0.1, -0.05) is 19.1 Å². The van der Waals surface area contributed by atoms with E-state index in [0.29, 0.717) is 12.2 Å². The van der Waals surface area contributed by atoms with Gasteiger partial charge in [-0.05, 0) is 12.5 Å². The van der Waals surface area contributed by atoms with Crippen LogP contribution in [-0.4, -0.2) is 26.2 Å². The molecular formula is C14H19NO3. The first-order valence-corrected chi connectivity index (χ1v) is 6.21. The predicted octanol–water partition coefficient (Wildman–Crippen LogP) is 2.09. The van der Waals surface area contributed by atoms with E-state index in [4.69, 9.17) is 9.47 Å². The third-order valence-electron chi connectivity index (χ3n) is 3.51. The van der Waals surface area contributed by atoms with Crippen molar-refractivity contribution in [3.8, 4) is 11.5 Å². The summed E-state index contributed by atoms with van der Waals surface area (Å²) in [4.78, 5) is 11.6. The number of hydrogen-bond acceptors (Lipinski definition) is 3. The van der Waals surface area contributed by atoms with Gasteiger partial charge in [0.2, 0.25) is 5.91 Å². The minimum absolute atomic E-state index is 0.108. The summed E-state index contributed by atoms with van der Waals surface area (Å²) in [5.41, 5.74) is 1.04. The van der Waals surface area contributed by atoms with Crippen molar-refractivity contribution in [3.63, 3.8) is 0 Å². The minimum atomic E-state index is 0.108. The Bertz CT molecular complexity index is 445. The second-order valence-corrected chi connectivity index (χ2v) is 4.48. The average Bonchev–Trinajstić information content (AvgIpc) is 2.78. The van der Waals surface area contributed by atoms with Gasteiger partial charge in [-0.2, -0.15) is 0 Å². The van der Waals surface area contributed by atoms with Crippen molar-refractivity contribution in [3.05, 3.63) is 23.8 Å². The number of nitrogens with one attached hydrogen (secondary N) is 1. The van der Waals surface area contributed by atoms with Crippen LogP contribution in [0.25, 0.3) is 0 Å². The molecule has 1 fully saturated rings. The summed E-state index contributed by atoms with van der Waals surface area (Å²) in [5, 5.41) is 3.01. The van der Waals surface area contributed by atoms with E-state index >= 15 is 0 Å². The van der Waals surface area contributed by atoms with Crippen LogP contribution in [0.2, 0.25) is 0 Å². The summed E-state index contributed by atoms with van der Waals surface area (Å²) < 4.78 is 10.7. The van der Waals surface area contributed by atoms with Crippen LogP contribution < -0.4 is 14.8 Å². The van der Waals surface area contributed by atoms with E-state index in [-0.39, 0.29) is 17.9 Å². The van der Waals surface area contributed by atoms with Crippen LogP contribution in [0, 0.1) is 0 Å². The maximum atomic E-state index is 11.6. The third kappa shape index (κ3) is 2.15. The number of benzene rings is 1. The predicted molar refractivity (Wildman–Crippen MR) is 69.1 cm³/mol. The van der Waals surface area contributed by atoms with E-state index in [1.54, 1.807) is 14.2 Å². The maximum absolute atomic E-state index is 11.6. The van der Waals surface area contributed by atoms with Gasteiger partial charge in [0.25, 0.3) is 0 Å². The molecule has 1 saturated heterocycles. The van der Waals surface area contributed by atoms with Gasteiger partial charge in [0, 0.05) is 23.9 Å². The summed E-state index contributed by atoms with van der Waals surface area (Å²) in [6.07, 6.45) is 1.43. The monoisotopic (exact) mass is 249 g/mol. The summed E-state index contributed by atoms with van der Waals surface area (Å²) >= 11 is 0. The van der Waals surface area contributed by atoms with E-state index in [1.165, 1.54) is 0 Å². The van der Waals surface area contributed by atoms with Gasteiger partial charge in [0.1, 0.15) is 0 Å². The molecule has 2 rings (SSSR count). The van der Waals surface area contributed by atoms with E-state index in [9.17, 15) is 4.79 Å². The van der Waals surface area contributed by atoms with Gasteiger partial charge in [0.05, 0.1) is 14.2 Å². The lowest BCUT2D eigenvalue weighted by atomic mass is 9.89. The van der Waals surface area contributed by atoms with Crippen LogP contribution in [0.4, 0.5) is 0 Å². The Morgan fingerprint density at radius 1 is 1.33 bits per heavy atom. The molecule has 2 atom stereocenters. The lowest BCUT2D eigenvalue weighted by Gasteiger charge is -2.21. The molecule has 0 spiro atoms. The van der Waals surface area contributed by atoms with Crippen molar-refractivity contribution < 1.29 is 14.3 Å². The molecule has 1 aromatic rings. The summed E-state index contributed by atoms with van der Waals surface area (Å²) in [6.45, 7) is 2.08. The molecule has 0 aromatic heterocycles. The van der Waals surface area contributed by atoms with Crippen molar-refractivity contribution in [2.45, 2.75) is 31.7 Å². The molecule has 0 bridgehead atoms. The first kappa shape index (κ1) is 12.7. The Kier molecular flexibility index (Phi) is 3.75. The number of methoxy groups -OCH3 is 2. The highest BCUT2D eigenvalue weighted by molar-refractivity contribution is 5.80. The van der Waals surface area contributed by atoms with Gasteiger partial charge in [-0.25, -0.2) is 0 Å². The van der Waals surface area contributed by atoms with E-state index in [2.05, 4.69) is 12.2 Å². The molecule has 1 aliphatic rings. The number of carbonyl (C=O) groups excluding carboxylic acids is 1. The van der Waals surface area contributed by atoms with Crippen LogP contribution in [-0.2, 0) is 4.79 Å². The molecule has 0 saturated carbocycles. The van der Waals surface area contributed by atoms with Gasteiger partial charge in [-0.15, -0.1) is 0 Å². The normalized spacial score (nSPS) is 22.7. The Morgan fingerprint density at radius 3 is 2.72 bits per heavy atom. The Hall–Kier alpha value is -1.71. The van der Waals surface area contributed by atoms with Crippen molar-refractivity contribution in [1.29, 1.82) is 0 Å². The van der Waals surface area contributed by atoms with Crippen LogP contribution in [0.3, 0.4) is 0 Å². The Labute approximate surface area is 107 Å². The zero-order valence-electron chi connectivity index (χ0n) is 11.0. The van der Waals surface area contributed by atoms with Crippen LogP contribution in [0.5, 0.6) is 11.5 Å². The van der Waals surface area contributed by atoms with Gasteiger partial charge < -0.3 is 14.8 Å².